The zero-order valence-corrected chi connectivity index (χ0v) is 19.1. The Morgan fingerprint density at radius 1 is 1.15 bits per heavy atom. The average Bonchev–Trinajstić information content (AvgIpc) is 3.22. The van der Waals surface area contributed by atoms with Crippen LogP contribution in [0.1, 0.15) is 19.3 Å². The Morgan fingerprint density at radius 2 is 1.97 bits per heavy atom. The van der Waals surface area contributed by atoms with Crippen molar-refractivity contribution in [3.63, 3.8) is 0 Å². The molecule has 2 N–H and O–H groups in total. The summed E-state index contributed by atoms with van der Waals surface area (Å²) in [6, 6.07) is 14.5. The molecule has 2 heterocycles. The van der Waals surface area contributed by atoms with E-state index in [2.05, 4.69) is 10.3 Å². The van der Waals surface area contributed by atoms with Gasteiger partial charge in [0.25, 0.3) is 0 Å². The number of likely N-dealkylation sites (tertiary alicyclic amines) is 1. The second-order valence-electron chi connectivity index (χ2n) is 7.93. The SMILES string of the molecule is O=C1CCCN1CCCNc1cc(-c2ccccc2OC(F)F)cc(-c2cc(Cl)ccc2O)n1. The van der Waals surface area contributed by atoms with Gasteiger partial charge in [0.2, 0.25) is 5.91 Å². The second kappa shape index (κ2) is 10.7. The van der Waals surface area contributed by atoms with Crippen molar-refractivity contribution in [2.45, 2.75) is 25.9 Å². The van der Waals surface area contributed by atoms with Crippen LogP contribution in [-0.2, 0) is 4.79 Å². The highest BCUT2D eigenvalue weighted by Gasteiger charge is 2.19. The van der Waals surface area contributed by atoms with E-state index in [1.54, 1.807) is 42.5 Å². The Kier molecular flexibility index (Phi) is 7.47. The highest BCUT2D eigenvalue weighted by molar-refractivity contribution is 6.31. The van der Waals surface area contributed by atoms with Gasteiger partial charge in [0, 0.05) is 42.2 Å². The molecule has 0 atom stereocenters. The van der Waals surface area contributed by atoms with Gasteiger partial charge in [-0.25, -0.2) is 4.98 Å². The molecule has 0 bridgehead atoms. The van der Waals surface area contributed by atoms with Crippen LogP contribution in [0.3, 0.4) is 0 Å². The molecule has 1 aliphatic heterocycles. The summed E-state index contributed by atoms with van der Waals surface area (Å²) in [5.41, 5.74) is 1.87. The molecule has 0 spiro atoms. The van der Waals surface area contributed by atoms with E-state index in [-0.39, 0.29) is 17.4 Å². The maximum Gasteiger partial charge on any atom is 0.387 e. The molecule has 0 unspecified atom stereocenters. The number of halogens is 3. The van der Waals surface area contributed by atoms with Gasteiger partial charge < -0.3 is 20.1 Å². The number of aromatic nitrogens is 1. The smallest absolute Gasteiger partial charge is 0.387 e. The molecule has 6 nitrogen and oxygen atoms in total. The third kappa shape index (κ3) is 5.75. The molecular weight excluding hydrogens is 464 g/mol. The van der Waals surface area contributed by atoms with Gasteiger partial charge in [0.05, 0.1) is 5.69 Å². The number of hydrogen-bond acceptors (Lipinski definition) is 5. The van der Waals surface area contributed by atoms with Crippen LogP contribution in [0.25, 0.3) is 22.4 Å². The van der Waals surface area contributed by atoms with Crippen LogP contribution < -0.4 is 10.1 Å². The molecule has 1 aromatic heterocycles. The number of hydrogen-bond donors (Lipinski definition) is 2. The van der Waals surface area contributed by atoms with E-state index >= 15 is 0 Å². The van der Waals surface area contributed by atoms with E-state index in [9.17, 15) is 18.7 Å². The molecule has 1 amide bonds. The van der Waals surface area contributed by atoms with Crippen LogP contribution in [0.15, 0.2) is 54.6 Å². The third-order valence-electron chi connectivity index (χ3n) is 5.56. The van der Waals surface area contributed by atoms with Crippen molar-refractivity contribution in [2.75, 3.05) is 25.0 Å². The van der Waals surface area contributed by atoms with Gasteiger partial charge in [-0.05, 0) is 54.8 Å². The number of ether oxygens (including phenoxy) is 1. The summed E-state index contributed by atoms with van der Waals surface area (Å²) in [5, 5.41) is 14.1. The number of alkyl halides is 2. The van der Waals surface area contributed by atoms with E-state index in [4.69, 9.17) is 16.3 Å². The molecule has 4 rings (SSSR count). The zero-order valence-electron chi connectivity index (χ0n) is 18.3. The Bertz CT molecular complexity index is 1180. The Labute approximate surface area is 201 Å². The number of phenolic OH excluding ortho intramolecular Hbond substituents is 1. The largest absolute Gasteiger partial charge is 0.507 e. The van der Waals surface area contributed by atoms with Crippen LogP contribution in [0.2, 0.25) is 5.02 Å². The van der Waals surface area contributed by atoms with Gasteiger partial charge in [-0.2, -0.15) is 8.78 Å². The minimum atomic E-state index is -2.97. The Morgan fingerprint density at radius 3 is 2.74 bits per heavy atom. The fraction of sp³-hybridized carbons (Fsp3) is 0.280. The first-order valence-electron chi connectivity index (χ1n) is 11.0. The first-order chi connectivity index (χ1) is 16.4. The fourth-order valence-corrected chi connectivity index (χ4v) is 4.13. The number of pyridine rings is 1. The number of nitrogens with zero attached hydrogens (tertiary/aromatic N) is 2. The predicted octanol–water partition coefficient (Wildman–Crippen LogP) is 5.80. The molecule has 0 aliphatic carbocycles. The van der Waals surface area contributed by atoms with E-state index in [1.165, 1.54) is 12.1 Å². The van der Waals surface area contributed by atoms with Crippen LogP contribution >= 0.6 is 11.6 Å². The number of benzene rings is 2. The number of nitrogens with one attached hydrogen (secondary N) is 1. The lowest BCUT2D eigenvalue weighted by molar-refractivity contribution is -0.127. The number of carbonyl (C=O) groups excluding carboxylic acids is 1. The summed E-state index contributed by atoms with van der Waals surface area (Å²) in [7, 11) is 0. The maximum atomic E-state index is 13.0. The highest BCUT2D eigenvalue weighted by Crippen LogP contribution is 2.37. The lowest BCUT2D eigenvalue weighted by Crippen LogP contribution is -2.27. The van der Waals surface area contributed by atoms with E-state index in [0.717, 1.165) is 19.4 Å². The van der Waals surface area contributed by atoms with Crippen molar-refractivity contribution < 1.29 is 23.4 Å². The lowest BCUT2D eigenvalue weighted by Gasteiger charge is -2.17. The standard InChI is InChI=1S/C25H24ClF2N3O3/c26-17-8-9-21(32)19(15-17)20-13-16(18-5-1-2-6-22(18)34-25(27)28)14-23(30-20)29-10-4-12-31-11-3-7-24(31)33/h1-2,5-6,8-9,13-15,25,32H,3-4,7,10-12H2,(H,29,30). The first-order valence-corrected chi connectivity index (χ1v) is 11.4. The third-order valence-corrected chi connectivity index (χ3v) is 5.79. The summed E-state index contributed by atoms with van der Waals surface area (Å²) >= 11 is 6.13. The molecule has 34 heavy (non-hydrogen) atoms. The van der Waals surface area contributed by atoms with Gasteiger partial charge in [0.1, 0.15) is 17.3 Å². The van der Waals surface area contributed by atoms with Gasteiger partial charge in [-0.15, -0.1) is 0 Å². The molecule has 178 valence electrons. The van der Waals surface area contributed by atoms with Crippen molar-refractivity contribution in [3.05, 3.63) is 59.6 Å². The van der Waals surface area contributed by atoms with Gasteiger partial charge >= 0.3 is 6.61 Å². The summed E-state index contributed by atoms with van der Waals surface area (Å²) in [4.78, 5) is 18.3. The summed E-state index contributed by atoms with van der Waals surface area (Å²) in [6.07, 6.45) is 2.21. The molecule has 1 saturated heterocycles. The monoisotopic (exact) mass is 487 g/mol. The maximum absolute atomic E-state index is 13.0. The number of para-hydroxylation sites is 1. The van der Waals surface area contributed by atoms with E-state index in [1.807, 2.05) is 4.90 Å². The first kappa shape index (κ1) is 23.8. The van der Waals surface area contributed by atoms with Crippen LogP contribution in [0.4, 0.5) is 14.6 Å². The van der Waals surface area contributed by atoms with Crippen LogP contribution in [0, 0.1) is 0 Å². The lowest BCUT2D eigenvalue weighted by atomic mass is 10.0. The molecule has 3 aromatic rings. The Hall–Kier alpha value is -3.39. The molecule has 1 fully saturated rings. The number of phenols is 1. The zero-order chi connectivity index (χ0) is 24.1. The molecule has 1 aliphatic rings. The quantitative estimate of drug-likeness (QED) is 0.373. The molecule has 2 aromatic carbocycles. The fourth-order valence-electron chi connectivity index (χ4n) is 3.96. The number of amides is 1. The van der Waals surface area contributed by atoms with Gasteiger partial charge in [0.15, 0.2) is 0 Å². The molecular formula is C25H24ClF2N3O3. The van der Waals surface area contributed by atoms with Gasteiger partial charge in [-0.3, -0.25) is 4.79 Å². The minimum absolute atomic E-state index is 0.00957. The number of rotatable bonds is 9. The van der Waals surface area contributed by atoms with Crippen molar-refractivity contribution in [1.82, 2.24) is 9.88 Å². The van der Waals surface area contributed by atoms with Crippen molar-refractivity contribution >= 4 is 23.3 Å². The normalized spacial score (nSPS) is 13.5. The average molecular weight is 488 g/mol. The van der Waals surface area contributed by atoms with Crippen LogP contribution in [0.5, 0.6) is 11.5 Å². The van der Waals surface area contributed by atoms with Gasteiger partial charge in [-0.1, -0.05) is 29.8 Å². The number of anilines is 1. The molecule has 0 saturated carbocycles. The number of aromatic hydroxyl groups is 1. The van der Waals surface area contributed by atoms with Crippen molar-refractivity contribution in [3.8, 4) is 33.9 Å². The van der Waals surface area contributed by atoms with Crippen molar-refractivity contribution in [1.29, 1.82) is 0 Å². The number of carbonyl (C=O) groups is 1. The van der Waals surface area contributed by atoms with E-state index in [0.29, 0.717) is 52.7 Å². The molecule has 9 heteroatoms. The summed E-state index contributed by atoms with van der Waals surface area (Å²) in [6.45, 7) is -0.981. The summed E-state index contributed by atoms with van der Waals surface area (Å²) < 4.78 is 30.7. The van der Waals surface area contributed by atoms with Crippen LogP contribution in [-0.4, -0.2) is 47.1 Å². The van der Waals surface area contributed by atoms with Crippen molar-refractivity contribution in [2.24, 2.45) is 0 Å². The second-order valence-corrected chi connectivity index (χ2v) is 8.36. The topological polar surface area (TPSA) is 74.7 Å². The minimum Gasteiger partial charge on any atom is -0.507 e. The van der Waals surface area contributed by atoms with E-state index < -0.39 is 6.61 Å². The molecule has 0 radical (unpaired) electrons. The summed E-state index contributed by atoms with van der Waals surface area (Å²) in [5.74, 6) is 0.689. The highest BCUT2D eigenvalue weighted by atomic mass is 35.5. The predicted molar refractivity (Wildman–Crippen MR) is 127 cm³/mol. The Balaban J connectivity index is 1.64.